The second-order valence-electron chi connectivity index (χ2n) is 3.91. The molecule has 3 N–H and O–H groups in total. The lowest BCUT2D eigenvalue weighted by Crippen LogP contribution is -2.54. The predicted octanol–water partition coefficient (Wildman–Crippen LogP) is -0.112. The molecule has 0 spiro atoms. The highest BCUT2D eigenvalue weighted by Crippen LogP contribution is 2.10. The van der Waals surface area contributed by atoms with E-state index in [4.69, 9.17) is 0 Å². The van der Waals surface area contributed by atoms with Crippen molar-refractivity contribution < 1.29 is 15.0 Å². The van der Waals surface area contributed by atoms with E-state index in [0.29, 0.717) is 12.1 Å². The molecule has 1 heterocycles. The molecule has 5 heteroatoms. The van der Waals surface area contributed by atoms with Crippen LogP contribution >= 0.6 is 0 Å². The molecule has 1 rings (SSSR count). The van der Waals surface area contributed by atoms with Gasteiger partial charge in [0.1, 0.15) is 5.69 Å². The molecule has 1 amide bonds. The molecule has 0 aliphatic heterocycles. The van der Waals surface area contributed by atoms with E-state index in [-0.39, 0.29) is 19.1 Å². The number of aromatic nitrogens is 1. The molecule has 0 bridgehead atoms. The summed E-state index contributed by atoms with van der Waals surface area (Å²) in [6, 6.07) is 3.45. The summed E-state index contributed by atoms with van der Waals surface area (Å²) in [5, 5.41) is 21.1. The highest BCUT2D eigenvalue weighted by Gasteiger charge is 2.29. The Balaban J connectivity index is 2.81. The third-order valence-electron chi connectivity index (χ3n) is 2.84. The molecule has 0 saturated heterocycles. The van der Waals surface area contributed by atoms with Gasteiger partial charge in [0.05, 0.1) is 18.8 Å². The lowest BCUT2D eigenvalue weighted by Gasteiger charge is -2.29. The topological polar surface area (TPSA) is 74.5 Å². The SMILES string of the molecule is CCC(CO)(CO)NC(=O)c1cccn1C. The van der Waals surface area contributed by atoms with Gasteiger partial charge < -0.3 is 20.1 Å². The third kappa shape index (κ3) is 2.43. The average Bonchev–Trinajstić information content (AvgIpc) is 2.72. The first-order valence-corrected chi connectivity index (χ1v) is 5.24. The third-order valence-corrected chi connectivity index (χ3v) is 2.84. The van der Waals surface area contributed by atoms with Crippen LogP contribution in [0.4, 0.5) is 0 Å². The van der Waals surface area contributed by atoms with Crippen molar-refractivity contribution in [3.05, 3.63) is 24.0 Å². The molecular formula is C11H18N2O3. The van der Waals surface area contributed by atoms with Gasteiger partial charge in [-0.05, 0) is 18.6 Å². The van der Waals surface area contributed by atoms with Gasteiger partial charge in [0.2, 0.25) is 0 Å². The number of aliphatic hydroxyl groups excluding tert-OH is 2. The maximum atomic E-state index is 11.9. The second kappa shape index (κ2) is 5.14. The van der Waals surface area contributed by atoms with Crippen molar-refractivity contribution in [3.63, 3.8) is 0 Å². The average molecular weight is 226 g/mol. The predicted molar refractivity (Wildman–Crippen MR) is 60.1 cm³/mol. The van der Waals surface area contributed by atoms with Crippen molar-refractivity contribution in [2.24, 2.45) is 7.05 Å². The van der Waals surface area contributed by atoms with Gasteiger partial charge in [0, 0.05) is 13.2 Å². The molecule has 0 fully saturated rings. The van der Waals surface area contributed by atoms with Crippen LogP contribution in [0.2, 0.25) is 0 Å². The summed E-state index contributed by atoms with van der Waals surface area (Å²) < 4.78 is 1.69. The molecular weight excluding hydrogens is 208 g/mol. The Kier molecular flexibility index (Phi) is 4.09. The van der Waals surface area contributed by atoms with Crippen LogP contribution in [-0.2, 0) is 7.05 Å². The molecule has 0 atom stereocenters. The fourth-order valence-corrected chi connectivity index (χ4v) is 1.44. The molecule has 0 saturated carbocycles. The zero-order chi connectivity index (χ0) is 12.2. The fraction of sp³-hybridized carbons (Fsp3) is 0.545. The van der Waals surface area contributed by atoms with Gasteiger partial charge >= 0.3 is 0 Å². The van der Waals surface area contributed by atoms with Crippen molar-refractivity contribution in [1.82, 2.24) is 9.88 Å². The molecule has 0 radical (unpaired) electrons. The minimum atomic E-state index is -0.943. The highest BCUT2D eigenvalue weighted by molar-refractivity contribution is 5.93. The maximum Gasteiger partial charge on any atom is 0.268 e. The monoisotopic (exact) mass is 226 g/mol. The van der Waals surface area contributed by atoms with E-state index in [9.17, 15) is 15.0 Å². The molecule has 1 aromatic rings. The quantitative estimate of drug-likeness (QED) is 0.655. The number of rotatable bonds is 5. The van der Waals surface area contributed by atoms with Gasteiger partial charge in [-0.2, -0.15) is 0 Å². The van der Waals surface area contributed by atoms with E-state index in [0.717, 1.165) is 0 Å². The normalized spacial score (nSPS) is 11.5. The summed E-state index contributed by atoms with van der Waals surface area (Å²) in [5.41, 5.74) is -0.443. The van der Waals surface area contributed by atoms with Crippen LogP contribution in [0, 0.1) is 0 Å². The Morgan fingerprint density at radius 3 is 2.50 bits per heavy atom. The van der Waals surface area contributed by atoms with E-state index in [1.165, 1.54) is 0 Å². The molecule has 0 aliphatic carbocycles. The van der Waals surface area contributed by atoms with Crippen molar-refractivity contribution in [2.75, 3.05) is 13.2 Å². The molecule has 0 unspecified atom stereocenters. The number of amides is 1. The van der Waals surface area contributed by atoms with Crippen molar-refractivity contribution >= 4 is 5.91 Å². The van der Waals surface area contributed by atoms with Crippen LogP contribution in [0.1, 0.15) is 23.8 Å². The van der Waals surface area contributed by atoms with Gasteiger partial charge in [0.25, 0.3) is 5.91 Å². The first kappa shape index (κ1) is 12.7. The van der Waals surface area contributed by atoms with E-state index in [2.05, 4.69) is 5.32 Å². The van der Waals surface area contributed by atoms with E-state index >= 15 is 0 Å². The van der Waals surface area contributed by atoms with E-state index in [1.54, 1.807) is 36.9 Å². The number of aryl methyl sites for hydroxylation is 1. The zero-order valence-corrected chi connectivity index (χ0v) is 9.60. The van der Waals surface area contributed by atoms with Gasteiger partial charge in [-0.15, -0.1) is 0 Å². The molecule has 5 nitrogen and oxygen atoms in total. The lowest BCUT2D eigenvalue weighted by atomic mass is 9.98. The standard InChI is InChI=1S/C11H18N2O3/c1-3-11(7-14,8-15)12-10(16)9-5-4-6-13(9)2/h4-6,14-15H,3,7-8H2,1-2H3,(H,12,16). The van der Waals surface area contributed by atoms with Crippen LogP contribution in [0.3, 0.4) is 0 Å². The Morgan fingerprint density at radius 1 is 1.50 bits per heavy atom. The number of nitrogens with zero attached hydrogens (tertiary/aromatic N) is 1. The minimum Gasteiger partial charge on any atom is -0.394 e. The Labute approximate surface area is 94.7 Å². The lowest BCUT2D eigenvalue weighted by molar-refractivity contribution is 0.0646. The molecule has 0 aliphatic rings. The van der Waals surface area contributed by atoms with Gasteiger partial charge in [-0.3, -0.25) is 4.79 Å². The number of aliphatic hydroxyl groups is 2. The van der Waals surface area contributed by atoms with Crippen molar-refractivity contribution in [1.29, 1.82) is 0 Å². The van der Waals surface area contributed by atoms with Gasteiger partial charge in [-0.1, -0.05) is 6.92 Å². The number of hydrogen-bond acceptors (Lipinski definition) is 3. The summed E-state index contributed by atoms with van der Waals surface area (Å²) in [5.74, 6) is -0.294. The Bertz CT molecular complexity index is 348. The summed E-state index contributed by atoms with van der Waals surface area (Å²) in [6.07, 6.45) is 2.23. The van der Waals surface area contributed by atoms with Crippen LogP contribution in [-0.4, -0.2) is 39.4 Å². The van der Waals surface area contributed by atoms with Crippen LogP contribution in [0.25, 0.3) is 0 Å². The number of carbonyl (C=O) groups is 1. The molecule has 16 heavy (non-hydrogen) atoms. The highest BCUT2D eigenvalue weighted by atomic mass is 16.3. The largest absolute Gasteiger partial charge is 0.394 e. The van der Waals surface area contributed by atoms with E-state index in [1.807, 2.05) is 0 Å². The van der Waals surface area contributed by atoms with Crippen LogP contribution in [0.5, 0.6) is 0 Å². The first-order chi connectivity index (χ1) is 7.58. The number of carbonyl (C=O) groups excluding carboxylic acids is 1. The van der Waals surface area contributed by atoms with E-state index < -0.39 is 5.54 Å². The molecule has 90 valence electrons. The Hall–Kier alpha value is -1.33. The fourth-order valence-electron chi connectivity index (χ4n) is 1.44. The van der Waals surface area contributed by atoms with Crippen molar-refractivity contribution in [3.8, 4) is 0 Å². The minimum absolute atomic E-state index is 0.282. The summed E-state index contributed by atoms with van der Waals surface area (Å²) in [6.45, 7) is 1.24. The van der Waals surface area contributed by atoms with Gasteiger partial charge in [0.15, 0.2) is 0 Å². The number of hydrogen-bond donors (Lipinski definition) is 3. The Morgan fingerprint density at radius 2 is 2.12 bits per heavy atom. The van der Waals surface area contributed by atoms with Crippen LogP contribution < -0.4 is 5.32 Å². The summed E-state index contributed by atoms with van der Waals surface area (Å²) in [7, 11) is 1.76. The van der Waals surface area contributed by atoms with Crippen molar-refractivity contribution in [2.45, 2.75) is 18.9 Å². The zero-order valence-electron chi connectivity index (χ0n) is 9.60. The maximum absolute atomic E-state index is 11.9. The molecule has 0 aromatic carbocycles. The molecule has 1 aromatic heterocycles. The second-order valence-corrected chi connectivity index (χ2v) is 3.91. The first-order valence-electron chi connectivity index (χ1n) is 5.24. The van der Waals surface area contributed by atoms with Gasteiger partial charge in [-0.25, -0.2) is 0 Å². The smallest absolute Gasteiger partial charge is 0.268 e. The summed E-state index contributed by atoms with van der Waals surface area (Å²) in [4.78, 5) is 11.9. The van der Waals surface area contributed by atoms with Crippen LogP contribution in [0.15, 0.2) is 18.3 Å². The summed E-state index contributed by atoms with van der Waals surface area (Å²) >= 11 is 0. The number of nitrogens with one attached hydrogen (secondary N) is 1.